The highest BCUT2D eigenvalue weighted by Crippen LogP contribution is 2.33. The maximum Gasteiger partial charge on any atom is 0.573 e. The van der Waals surface area contributed by atoms with Crippen LogP contribution in [0.25, 0.3) is 11.1 Å². The second-order valence-electron chi connectivity index (χ2n) is 4.26. The van der Waals surface area contributed by atoms with Crippen molar-refractivity contribution < 1.29 is 36.3 Å². The molecule has 0 atom stereocenters. The number of nitrogens with zero attached hydrogens (tertiary/aromatic N) is 2. The summed E-state index contributed by atoms with van der Waals surface area (Å²) in [5, 5.41) is 10.9. The third-order valence-corrected chi connectivity index (χ3v) is 2.63. The molecule has 0 spiro atoms. The third kappa shape index (κ3) is 4.51. The van der Waals surface area contributed by atoms with E-state index in [0.29, 0.717) is 0 Å². The summed E-state index contributed by atoms with van der Waals surface area (Å²) >= 11 is 0. The molecule has 128 valence electrons. The van der Waals surface area contributed by atoms with Crippen molar-refractivity contribution in [2.45, 2.75) is 13.0 Å². The van der Waals surface area contributed by atoms with Gasteiger partial charge in [-0.3, -0.25) is 10.1 Å². The van der Waals surface area contributed by atoms with E-state index in [-0.39, 0.29) is 11.1 Å². The lowest BCUT2D eigenvalue weighted by atomic mass is 10.1. The second-order valence-corrected chi connectivity index (χ2v) is 4.26. The van der Waals surface area contributed by atoms with Crippen molar-refractivity contribution in [3.8, 4) is 22.8 Å². The van der Waals surface area contributed by atoms with Crippen molar-refractivity contribution in [2.24, 2.45) is 0 Å². The van der Waals surface area contributed by atoms with Crippen molar-refractivity contribution in [2.75, 3.05) is 0 Å². The van der Waals surface area contributed by atoms with E-state index in [2.05, 4.69) is 14.5 Å². The number of nitro groups is 1. The Morgan fingerprint density at radius 3 is 2.46 bits per heavy atom. The molecule has 1 aromatic carbocycles. The standard InChI is InChI=1S/C13H7F5N2O4/c14-12(15)23-11-10(20(21)22)5-8(6-19-11)7-2-1-3-9(4-7)24-13(16,17)18/h1-6,12H. The van der Waals surface area contributed by atoms with Crippen LogP contribution < -0.4 is 9.47 Å². The van der Waals surface area contributed by atoms with Crippen LogP contribution in [0.5, 0.6) is 11.6 Å². The molecule has 0 bridgehead atoms. The van der Waals surface area contributed by atoms with Crippen molar-refractivity contribution in [3.05, 3.63) is 46.6 Å². The normalized spacial score (nSPS) is 11.4. The first-order chi connectivity index (χ1) is 11.2. The highest BCUT2D eigenvalue weighted by atomic mass is 19.4. The number of ether oxygens (including phenoxy) is 2. The predicted octanol–water partition coefficient (Wildman–Crippen LogP) is 4.16. The van der Waals surface area contributed by atoms with E-state index in [1.165, 1.54) is 12.1 Å². The van der Waals surface area contributed by atoms with Gasteiger partial charge < -0.3 is 9.47 Å². The lowest BCUT2D eigenvalue weighted by molar-refractivity contribution is -0.386. The maximum atomic E-state index is 12.2. The van der Waals surface area contributed by atoms with Crippen molar-refractivity contribution in [3.63, 3.8) is 0 Å². The smallest absolute Gasteiger partial charge is 0.411 e. The van der Waals surface area contributed by atoms with E-state index in [4.69, 9.17) is 0 Å². The predicted molar refractivity (Wildman–Crippen MR) is 69.6 cm³/mol. The van der Waals surface area contributed by atoms with Crippen LogP contribution in [0.1, 0.15) is 0 Å². The number of hydrogen-bond donors (Lipinski definition) is 0. The first kappa shape index (κ1) is 17.4. The summed E-state index contributed by atoms with van der Waals surface area (Å²) in [7, 11) is 0. The van der Waals surface area contributed by atoms with Crippen LogP contribution in [-0.2, 0) is 0 Å². The Morgan fingerprint density at radius 2 is 1.88 bits per heavy atom. The SMILES string of the molecule is O=[N+]([O-])c1cc(-c2cccc(OC(F)(F)F)c2)cnc1OC(F)F. The molecule has 0 aliphatic rings. The van der Waals surface area contributed by atoms with Gasteiger partial charge in [0.05, 0.1) is 4.92 Å². The molecular weight excluding hydrogens is 343 g/mol. The third-order valence-electron chi connectivity index (χ3n) is 2.63. The Hall–Kier alpha value is -2.98. The van der Waals surface area contributed by atoms with E-state index in [9.17, 15) is 32.1 Å². The first-order valence-electron chi connectivity index (χ1n) is 6.11. The fourth-order valence-corrected chi connectivity index (χ4v) is 1.78. The lowest BCUT2D eigenvalue weighted by Gasteiger charge is -2.10. The van der Waals surface area contributed by atoms with Gasteiger partial charge in [-0.05, 0) is 17.7 Å². The molecule has 0 unspecified atom stereocenters. The average molecular weight is 350 g/mol. The lowest BCUT2D eigenvalue weighted by Crippen LogP contribution is -2.17. The van der Waals surface area contributed by atoms with Crippen LogP contribution >= 0.6 is 0 Å². The number of alkyl halides is 5. The summed E-state index contributed by atoms with van der Waals surface area (Å²) in [4.78, 5) is 13.3. The van der Waals surface area contributed by atoms with Crippen LogP contribution in [-0.4, -0.2) is 22.9 Å². The highest BCUT2D eigenvalue weighted by molar-refractivity contribution is 5.68. The van der Waals surface area contributed by atoms with Crippen molar-refractivity contribution in [1.82, 2.24) is 4.98 Å². The molecule has 0 aliphatic carbocycles. The van der Waals surface area contributed by atoms with Gasteiger partial charge in [-0.25, -0.2) is 4.98 Å². The fourth-order valence-electron chi connectivity index (χ4n) is 1.78. The van der Waals surface area contributed by atoms with Gasteiger partial charge in [0, 0.05) is 17.8 Å². The molecule has 0 N–H and O–H groups in total. The number of hydrogen-bond acceptors (Lipinski definition) is 5. The zero-order valence-corrected chi connectivity index (χ0v) is 11.5. The number of halogens is 5. The zero-order valence-electron chi connectivity index (χ0n) is 11.5. The fraction of sp³-hybridized carbons (Fsp3) is 0.154. The molecule has 2 aromatic rings. The largest absolute Gasteiger partial charge is 0.573 e. The quantitative estimate of drug-likeness (QED) is 0.460. The van der Waals surface area contributed by atoms with E-state index in [0.717, 1.165) is 24.4 Å². The van der Waals surface area contributed by atoms with Gasteiger partial charge in [-0.2, -0.15) is 8.78 Å². The van der Waals surface area contributed by atoms with Gasteiger partial charge in [0.25, 0.3) is 5.88 Å². The molecule has 0 saturated carbocycles. The van der Waals surface area contributed by atoms with Crippen LogP contribution in [0.4, 0.5) is 27.6 Å². The summed E-state index contributed by atoms with van der Waals surface area (Å²) in [5.41, 5.74) is -0.721. The van der Waals surface area contributed by atoms with E-state index in [1.54, 1.807) is 0 Å². The molecule has 0 amide bonds. The summed E-state index contributed by atoms with van der Waals surface area (Å²) in [6.07, 6.45) is -3.95. The van der Waals surface area contributed by atoms with Crippen LogP contribution in [0.3, 0.4) is 0 Å². The summed E-state index contributed by atoms with van der Waals surface area (Å²) < 4.78 is 68.7. The Bertz CT molecular complexity index is 751. The Morgan fingerprint density at radius 1 is 1.17 bits per heavy atom. The van der Waals surface area contributed by atoms with E-state index in [1.807, 2.05) is 0 Å². The Labute approximate surface area is 130 Å². The van der Waals surface area contributed by atoms with Gasteiger partial charge in [-0.15, -0.1) is 13.2 Å². The summed E-state index contributed by atoms with van der Waals surface area (Å²) in [6.45, 7) is -3.31. The zero-order chi connectivity index (χ0) is 17.9. The molecule has 0 radical (unpaired) electrons. The van der Waals surface area contributed by atoms with Gasteiger partial charge in [-0.1, -0.05) is 12.1 Å². The molecule has 0 fully saturated rings. The van der Waals surface area contributed by atoms with Gasteiger partial charge in [0.15, 0.2) is 0 Å². The molecule has 1 heterocycles. The molecule has 1 aromatic heterocycles. The van der Waals surface area contributed by atoms with Gasteiger partial charge in [0.1, 0.15) is 5.75 Å². The number of pyridine rings is 1. The first-order valence-corrected chi connectivity index (χ1v) is 6.11. The van der Waals surface area contributed by atoms with Crippen LogP contribution in [0.15, 0.2) is 36.5 Å². The van der Waals surface area contributed by atoms with Gasteiger partial charge in [0.2, 0.25) is 0 Å². The molecule has 11 heteroatoms. The number of aromatic nitrogens is 1. The monoisotopic (exact) mass is 350 g/mol. The molecule has 2 rings (SSSR count). The van der Waals surface area contributed by atoms with E-state index >= 15 is 0 Å². The molecule has 6 nitrogen and oxygen atoms in total. The molecule has 0 aliphatic heterocycles. The number of rotatable bonds is 5. The van der Waals surface area contributed by atoms with Gasteiger partial charge >= 0.3 is 18.7 Å². The van der Waals surface area contributed by atoms with Crippen LogP contribution in [0.2, 0.25) is 0 Å². The Kier molecular flexibility index (Phi) is 4.81. The minimum atomic E-state index is -4.90. The minimum Gasteiger partial charge on any atom is -0.411 e. The minimum absolute atomic E-state index is 0.0240. The second kappa shape index (κ2) is 6.64. The topological polar surface area (TPSA) is 74.5 Å². The van der Waals surface area contributed by atoms with E-state index < -0.39 is 35.2 Å². The van der Waals surface area contributed by atoms with Crippen LogP contribution in [0, 0.1) is 10.1 Å². The maximum absolute atomic E-state index is 12.2. The highest BCUT2D eigenvalue weighted by Gasteiger charge is 2.31. The summed E-state index contributed by atoms with van der Waals surface area (Å²) in [5.74, 6) is -1.45. The molecule has 0 saturated heterocycles. The molecular formula is C13H7F5N2O4. The van der Waals surface area contributed by atoms with Crippen molar-refractivity contribution >= 4 is 5.69 Å². The number of benzene rings is 1. The average Bonchev–Trinajstić information content (AvgIpc) is 2.45. The summed E-state index contributed by atoms with van der Waals surface area (Å²) in [6, 6.07) is 5.44. The van der Waals surface area contributed by atoms with Crippen molar-refractivity contribution in [1.29, 1.82) is 0 Å². The Balaban J connectivity index is 2.40. The molecule has 24 heavy (non-hydrogen) atoms.